The summed E-state index contributed by atoms with van der Waals surface area (Å²) >= 11 is 6.20. The van der Waals surface area contributed by atoms with Gasteiger partial charge < -0.3 is 0 Å². The van der Waals surface area contributed by atoms with E-state index in [9.17, 15) is 0 Å². The van der Waals surface area contributed by atoms with E-state index in [2.05, 4.69) is 49.2 Å². The van der Waals surface area contributed by atoms with Gasteiger partial charge in [0.05, 0.1) is 11.4 Å². The number of hydrogen-bond acceptors (Lipinski definition) is 2. The van der Waals surface area contributed by atoms with E-state index >= 15 is 0 Å². The van der Waals surface area contributed by atoms with Crippen LogP contribution in [0.1, 0.15) is 18.2 Å². The van der Waals surface area contributed by atoms with Crippen LogP contribution in [-0.4, -0.2) is 14.6 Å². The van der Waals surface area contributed by atoms with Crippen LogP contribution in [0.3, 0.4) is 0 Å². The van der Waals surface area contributed by atoms with Crippen molar-refractivity contribution in [1.29, 1.82) is 0 Å². The van der Waals surface area contributed by atoms with Gasteiger partial charge in [0.25, 0.3) is 0 Å². The number of hydrogen-bond donors (Lipinski definition) is 0. The predicted octanol–water partition coefficient (Wildman–Crippen LogP) is 5.59. The fourth-order valence-electron chi connectivity index (χ4n) is 3.12. The Morgan fingerprint density at radius 2 is 1.80 bits per heavy atom. The van der Waals surface area contributed by atoms with Gasteiger partial charge in [0, 0.05) is 22.3 Å². The summed E-state index contributed by atoms with van der Waals surface area (Å²) in [6.07, 6.45) is 2.68. The molecule has 2 aromatic carbocycles. The highest BCUT2D eigenvalue weighted by Gasteiger charge is 2.17. The minimum absolute atomic E-state index is 0.716. The van der Waals surface area contributed by atoms with Crippen molar-refractivity contribution in [2.75, 3.05) is 0 Å². The molecule has 2 aromatic heterocycles. The summed E-state index contributed by atoms with van der Waals surface area (Å²) < 4.78 is 1.94. The second-order valence-corrected chi connectivity index (χ2v) is 6.55. The SMILES string of the molecule is CCc1nn2c(-c3ccc(C)cc3)ccnc2c1-c1cccc(Cl)c1. The van der Waals surface area contributed by atoms with Gasteiger partial charge >= 0.3 is 0 Å². The van der Waals surface area contributed by atoms with Gasteiger partial charge in [-0.25, -0.2) is 9.50 Å². The van der Waals surface area contributed by atoms with Crippen LogP contribution in [0.4, 0.5) is 0 Å². The van der Waals surface area contributed by atoms with Crippen molar-refractivity contribution in [3.8, 4) is 22.4 Å². The molecule has 2 heterocycles. The van der Waals surface area contributed by atoms with Crippen LogP contribution in [0.15, 0.2) is 60.8 Å². The topological polar surface area (TPSA) is 30.2 Å². The van der Waals surface area contributed by atoms with Gasteiger partial charge in [-0.2, -0.15) is 5.10 Å². The summed E-state index contributed by atoms with van der Waals surface area (Å²) in [6, 6.07) is 18.4. The van der Waals surface area contributed by atoms with Crippen molar-refractivity contribution in [2.45, 2.75) is 20.3 Å². The minimum Gasteiger partial charge on any atom is -0.236 e. The third-order valence-electron chi connectivity index (χ3n) is 4.39. The number of aromatic nitrogens is 3. The molecule has 4 heteroatoms. The number of benzene rings is 2. The molecular weight excluding hydrogens is 330 g/mol. The lowest BCUT2D eigenvalue weighted by atomic mass is 10.0. The van der Waals surface area contributed by atoms with Crippen molar-refractivity contribution in [1.82, 2.24) is 14.6 Å². The zero-order valence-electron chi connectivity index (χ0n) is 14.2. The molecule has 3 nitrogen and oxygen atoms in total. The summed E-state index contributed by atoms with van der Waals surface area (Å²) in [4.78, 5) is 4.62. The second kappa shape index (κ2) is 6.34. The van der Waals surface area contributed by atoms with E-state index in [1.54, 1.807) is 0 Å². The van der Waals surface area contributed by atoms with Gasteiger partial charge in [-0.15, -0.1) is 0 Å². The van der Waals surface area contributed by atoms with Gasteiger partial charge in [0.2, 0.25) is 0 Å². The van der Waals surface area contributed by atoms with E-state index in [1.165, 1.54) is 5.56 Å². The van der Waals surface area contributed by atoms with Crippen LogP contribution < -0.4 is 0 Å². The number of rotatable bonds is 3. The maximum absolute atomic E-state index is 6.20. The molecule has 0 saturated heterocycles. The zero-order valence-corrected chi connectivity index (χ0v) is 15.0. The minimum atomic E-state index is 0.716. The third kappa shape index (κ3) is 2.81. The average Bonchev–Trinajstić information content (AvgIpc) is 3.01. The Bertz CT molecular complexity index is 1050. The first-order valence-electron chi connectivity index (χ1n) is 8.37. The molecule has 25 heavy (non-hydrogen) atoms. The number of nitrogens with zero attached hydrogens (tertiary/aromatic N) is 3. The molecule has 0 spiro atoms. The van der Waals surface area contributed by atoms with Crippen molar-refractivity contribution in [3.05, 3.63) is 77.1 Å². The molecule has 0 aliphatic heterocycles. The van der Waals surface area contributed by atoms with E-state index in [-0.39, 0.29) is 0 Å². The van der Waals surface area contributed by atoms with Crippen LogP contribution in [0.25, 0.3) is 28.0 Å². The molecule has 0 unspecified atom stereocenters. The van der Waals surface area contributed by atoms with Crippen molar-refractivity contribution >= 4 is 17.2 Å². The molecule has 0 saturated carbocycles. The van der Waals surface area contributed by atoms with Crippen LogP contribution in [0.2, 0.25) is 5.02 Å². The van der Waals surface area contributed by atoms with Crippen LogP contribution in [0, 0.1) is 6.92 Å². The third-order valence-corrected chi connectivity index (χ3v) is 4.62. The number of aryl methyl sites for hydroxylation is 2. The monoisotopic (exact) mass is 347 g/mol. The molecule has 0 N–H and O–H groups in total. The fraction of sp³-hybridized carbons (Fsp3) is 0.143. The highest BCUT2D eigenvalue weighted by atomic mass is 35.5. The van der Waals surface area contributed by atoms with Crippen LogP contribution in [0.5, 0.6) is 0 Å². The smallest absolute Gasteiger partial charge is 0.163 e. The molecule has 124 valence electrons. The molecule has 0 bridgehead atoms. The standard InChI is InChI=1S/C21H18ClN3/c1-3-18-20(16-5-4-6-17(22)13-16)21-23-12-11-19(25(21)24-18)15-9-7-14(2)8-10-15/h4-13H,3H2,1-2H3. The van der Waals surface area contributed by atoms with Gasteiger partial charge in [0.1, 0.15) is 0 Å². The van der Waals surface area contributed by atoms with E-state index < -0.39 is 0 Å². The van der Waals surface area contributed by atoms with Gasteiger partial charge in [-0.1, -0.05) is 60.5 Å². The maximum atomic E-state index is 6.20. The first-order valence-corrected chi connectivity index (χ1v) is 8.74. The predicted molar refractivity (Wildman–Crippen MR) is 103 cm³/mol. The Morgan fingerprint density at radius 3 is 2.52 bits per heavy atom. The lowest BCUT2D eigenvalue weighted by Crippen LogP contribution is -1.96. The summed E-state index contributed by atoms with van der Waals surface area (Å²) in [5.74, 6) is 0. The molecule has 0 amide bonds. The van der Waals surface area contributed by atoms with Crippen LogP contribution in [-0.2, 0) is 6.42 Å². The van der Waals surface area contributed by atoms with E-state index in [4.69, 9.17) is 16.7 Å². The fourth-order valence-corrected chi connectivity index (χ4v) is 3.31. The average molecular weight is 348 g/mol. The Kier molecular flexibility index (Phi) is 4.02. The Morgan fingerprint density at radius 1 is 1.00 bits per heavy atom. The highest BCUT2D eigenvalue weighted by molar-refractivity contribution is 6.30. The van der Waals surface area contributed by atoms with Gasteiger partial charge in [-0.3, -0.25) is 0 Å². The van der Waals surface area contributed by atoms with Gasteiger partial charge in [0.15, 0.2) is 5.65 Å². The van der Waals surface area contributed by atoms with Crippen molar-refractivity contribution < 1.29 is 0 Å². The van der Waals surface area contributed by atoms with Crippen LogP contribution >= 0.6 is 11.6 Å². The first kappa shape index (κ1) is 15.9. The second-order valence-electron chi connectivity index (χ2n) is 6.12. The summed E-state index contributed by atoms with van der Waals surface area (Å²) in [7, 11) is 0. The molecule has 0 radical (unpaired) electrons. The normalized spacial score (nSPS) is 11.2. The lowest BCUT2D eigenvalue weighted by Gasteiger charge is -2.06. The van der Waals surface area contributed by atoms with Crippen molar-refractivity contribution in [2.24, 2.45) is 0 Å². The molecular formula is C21H18ClN3. The van der Waals surface area contributed by atoms with Gasteiger partial charge in [-0.05, 0) is 37.1 Å². The summed E-state index contributed by atoms with van der Waals surface area (Å²) in [5, 5.41) is 5.56. The van der Waals surface area contributed by atoms with E-state index in [0.717, 1.165) is 40.1 Å². The zero-order chi connectivity index (χ0) is 17.4. The van der Waals surface area contributed by atoms with E-state index in [1.807, 2.05) is 35.0 Å². The summed E-state index contributed by atoms with van der Waals surface area (Å²) in [5.41, 5.74) is 7.38. The largest absolute Gasteiger partial charge is 0.236 e. The van der Waals surface area contributed by atoms with E-state index in [0.29, 0.717) is 5.02 Å². The molecule has 0 aliphatic rings. The Hall–Kier alpha value is -2.65. The molecule has 4 aromatic rings. The molecule has 0 atom stereocenters. The van der Waals surface area contributed by atoms with Crippen molar-refractivity contribution in [3.63, 3.8) is 0 Å². The summed E-state index contributed by atoms with van der Waals surface area (Å²) in [6.45, 7) is 4.20. The quantitative estimate of drug-likeness (QED) is 0.483. The maximum Gasteiger partial charge on any atom is 0.163 e. The molecule has 0 fully saturated rings. The molecule has 4 rings (SSSR count). The lowest BCUT2D eigenvalue weighted by molar-refractivity contribution is 0.893. The molecule has 0 aliphatic carbocycles. The first-order chi connectivity index (χ1) is 12.2. The number of fused-ring (bicyclic) bond motifs is 1. The number of halogens is 1. The highest BCUT2D eigenvalue weighted by Crippen LogP contribution is 2.32. The Labute approximate surface area is 151 Å². The Balaban J connectivity index is 1.99.